The summed E-state index contributed by atoms with van der Waals surface area (Å²) in [6, 6.07) is 12.6. The van der Waals surface area contributed by atoms with Crippen LogP contribution in [0.3, 0.4) is 0 Å². The van der Waals surface area contributed by atoms with Crippen LogP contribution in [0.2, 0.25) is 10.0 Å². The molecule has 2 aromatic carbocycles. The monoisotopic (exact) mass is 440 g/mol. The first kappa shape index (κ1) is 21.0. The normalized spacial score (nSPS) is 13.9. The Balaban J connectivity index is 1.70. The van der Waals surface area contributed by atoms with Gasteiger partial charge in [-0.05, 0) is 49.1 Å². The molecule has 1 aliphatic heterocycles. The minimum atomic E-state index is -3.56. The van der Waals surface area contributed by atoms with Crippen molar-refractivity contribution < 1.29 is 13.2 Å². The quantitative estimate of drug-likeness (QED) is 0.663. The van der Waals surface area contributed by atoms with Crippen LogP contribution in [-0.4, -0.2) is 33.7 Å². The van der Waals surface area contributed by atoms with Gasteiger partial charge in [0.05, 0.1) is 17.0 Å². The molecule has 0 unspecified atom stereocenters. The Morgan fingerprint density at radius 3 is 2.68 bits per heavy atom. The minimum Gasteiger partial charge on any atom is -0.312 e. The first-order chi connectivity index (χ1) is 13.3. The predicted octanol–water partition coefficient (Wildman–Crippen LogP) is 4.52. The van der Waals surface area contributed by atoms with Crippen molar-refractivity contribution in [2.45, 2.75) is 25.7 Å². The fourth-order valence-corrected chi connectivity index (χ4v) is 4.85. The van der Waals surface area contributed by atoms with E-state index in [1.54, 1.807) is 17.0 Å². The summed E-state index contributed by atoms with van der Waals surface area (Å²) in [6.07, 6.45) is 3.64. The Morgan fingerprint density at radius 2 is 1.93 bits per heavy atom. The number of anilines is 2. The molecular weight excluding hydrogens is 419 g/mol. The van der Waals surface area contributed by atoms with Crippen molar-refractivity contribution in [2.24, 2.45) is 0 Å². The second-order valence-electron chi connectivity index (χ2n) is 6.81. The third-order valence-electron chi connectivity index (χ3n) is 4.74. The smallest absolute Gasteiger partial charge is 0.232 e. The van der Waals surface area contributed by atoms with Crippen LogP contribution in [0.1, 0.15) is 24.8 Å². The largest absolute Gasteiger partial charge is 0.312 e. The molecule has 0 aliphatic carbocycles. The van der Waals surface area contributed by atoms with Crippen LogP contribution < -0.4 is 9.21 Å². The number of carbonyl (C=O) groups is 1. The maximum Gasteiger partial charge on any atom is 0.232 e. The van der Waals surface area contributed by atoms with Crippen molar-refractivity contribution in [2.75, 3.05) is 28.6 Å². The lowest BCUT2D eigenvalue weighted by atomic mass is 10.0. The first-order valence-electron chi connectivity index (χ1n) is 9.08. The third-order valence-corrected chi connectivity index (χ3v) is 6.47. The van der Waals surface area contributed by atoms with Crippen molar-refractivity contribution in [3.63, 3.8) is 0 Å². The predicted molar refractivity (Wildman–Crippen MR) is 115 cm³/mol. The summed E-state index contributed by atoms with van der Waals surface area (Å²) >= 11 is 12.2. The molecule has 0 radical (unpaired) electrons. The van der Waals surface area contributed by atoms with Crippen LogP contribution in [0, 0.1) is 0 Å². The summed E-state index contributed by atoms with van der Waals surface area (Å²) in [5.74, 6) is -0.00204. The van der Waals surface area contributed by atoms with Crippen LogP contribution in [0.5, 0.6) is 0 Å². The lowest BCUT2D eigenvalue weighted by Crippen LogP contribution is -2.36. The molecule has 1 amide bonds. The van der Waals surface area contributed by atoms with Crippen LogP contribution in [-0.2, 0) is 21.2 Å². The van der Waals surface area contributed by atoms with Gasteiger partial charge in [0.1, 0.15) is 0 Å². The number of fused-ring (bicyclic) bond motifs is 1. The van der Waals surface area contributed by atoms with E-state index in [1.807, 2.05) is 24.3 Å². The van der Waals surface area contributed by atoms with E-state index < -0.39 is 10.0 Å². The molecule has 28 heavy (non-hydrogen) atoms. The molecule has 150 valence electrons. The zero-order valence-electron chi connectivity index (χ0n) is 15.6. The summed E-state index contributed by atoms with van der Waals surface area (Å²) in [5.41, 5.74) is 2.45. The van der Waals surface area contributed by atoms with Gasteiger partial charge in [-0.3, -0.25) is 9.10 Å². The lowest BCUT2D eigenvalue weighted by molar-refractivity contribution is -0.118. The number of hydrogen-bond acceptors (Lipinski definition) is 3. The number of carbonyl (C=O) groups excluding carboxylic acids is 1. The van der Waals surface area contributed by atoms with E-state index in [2.05, 4.69) is 0 Å². The Bertz CT molecular complexity index is 979. The molecular formula is C20H22Cl2N2O3S. The highest BCUT2D eigenvalue weighted by Gasteiger charge is 2.24. The van der Waals surface area contributed by atoms with Gasteiger partial charge in [-0.15, -0.1) is 0 Å². The highest BCUT2D eigenvalue weighted by Crippen LogP contribution is 2.31. The number of halogens is 2. The summed E-state index contributed by atoms with van der Waals surface area (Å²) in [6.45, 7) is 0.839. The summed E-state index contributed by atoms with van der Waals surface area (Å²) in [5, 5.41) is 0.695. The summed E-state index contributed by atoms with van der Waals surface area (Å²) < 4.78 is 25.7. The second-order valence-corrected chi connectivity index (χ2v) is 9.56. The standard InChI is InChI=1S/C20H22Cl2N2O3S/c1-28(26,27)24(19-14-16(21)10-11-17(19)22)13-5-9-20(25)23-12-4-7-15-6-2-3-8-18(15)23/h2-3,6,8,10-11,14H,4-5,7,9,12-13H2,1H3. The van der Waals surface area contributed by atoms with E-state index in [1.165, 1.54) is 15.9 Å². The molecule has 0 fully saturated rings. The van der Waals surface area contributed by atoms with Gasteiger partial charge in [-0.25, -0.2) is 8.42 Å². The molecule has 0 spiro atoms. The van der Waals surface area contributed by atoms with Gasteiger partial charge in [0.2, 0.25) is 15.9 Å². The van der Waals surface area contributed by atoms with E-state index >= 15 is 0 Å². The zero-order chi connectivity index (χ0) is 20.3. The molecule has 0 N–H and O–H groups in total. The topological polar surface area (TPSA) is 57.7 Å². The van der Waals surface area contributed by atoms with Gasteiger partial charge in [-0.1, -0.05) is 41.4 Å². The minimum absolute atomic E-state index is 0.00204. The summed E-state index contributed by atoms with van der Waals surface area (Å²) in [7, 11) is -3.56. The molecule has 3 rings (SSSR count). The number of hydrogen-bond donors (Lipinski definition) is 0. The third kappa shape index (κ3) is 4.80. The van der Waals surface area contributed by atoms with Crippen LogP contribution in [0.4, 0.5) is 11.4 Å². The van der Waals surface area contributed by atoms with E-state index in [-0.39, 0.29) is 18.9 Å². The van der Waals surface area contributed by atoms with Gasteiger partial charge >= 0.3 is 0 Å². The average molecular weight is 441 g/mol. The molecule has 0 bridgehead atoms. The van der Waals surface area contributed by atoms with Gasteiger partial charge in [-0.2, -0.15) is 0 Å². The first-order valence-corrected chi connectivity index (χ1v) is 11.7. The highest BCUT2D eigenvalue weighted by molar-refractivity contribution is 7.92. The van der Waals surface area contributed by atoms with Crippen molar-refractivity contribution in [3.8, 4) is 0 Å². The van der Waals surface area contributed by atoms with Crippen molar-refractivity contribution in [3.05, 3.63) is 58.1 Å². The number of benzene rings is 2. The molecule has 1 heterocycles. The molecule has 0 aromatic heterocycles. The van der Waals surface area contributed by atoms with Gasteiger partial charge in [0.25, 0.3) is 0 Å². The Kier molecular flexibility index (Phi) is 6.53. The fraction of sp³-hybridized carbons (Fsp3) is 0.350. The second kappa shape index (κ2) is 8.72. The Hall–Kier alpha value is -1.76. The van der Waals surface area contributed by atoms with Crippen molar-refractivity contribution in [1.29, 1.82) is 0 Å². The van der Waals surface area contributed by atoms with Crippen LogP contribution >= 0.6 is 23.2 Å². The van der Waals surface area contributed by atoms with E-state index in [0.29, 0.717) is 28.7 Å². The molecule has 0 saturated heterocycles. The van der Waals surface area contributed by atoms with Crippen LogP contribution in [0.15, 0.2) is 42.5 Å². The Labute approximate surface area is 175 Å². The van der Waals surface area contributed by atoms with Crippen molar-refractivity contribution in [1.82, 2.24) is 0 Å². The molecule has 5 nitrogen and oxygen atoms in total. The molecule has 2 aromatic rings. The van der Waals surface area contributed by atoms with Gasteiger partial charge < -0.3 is 4.90 Å². The number of nitrogens with zero attached hydrogens (tertiary/aromatic N) is 2. The maximum atomic E-state index is 12.8. The van der Waals surface area contributed by atoms with Gasteiger partial charge in [0.15, 0.2) is 0 Å². The Morgan fingerprint density at radius 1 is 1.18 bits per heavy atom. The van der Waals surface area contributed by atoms with Crippen LogP contribution in [0.25, 0.3) is 0 Å². The lowest BCUT2D eigenvalue weighted by Gasteiger charge is -2.30. The molecule has 8 heteroatoms. The van der Waals surface area contributed by atoms with Crippen molar-refractivity contribution >= 4 is 50.5 Å². The average Bonchev–Trinajstić information content (AvgIpc) is 2.66. The van der Waals surface area contributed by atoms with E-state index in [9.17, 15) is 13.2 Å². The molecule has 0 saturated carbocycles. The number of sulfonamides is 1. The number of para-hydroxylation sites is 1. The van der Waals surface area contributed by atoms with E-state index in [0.717, 1.165) is 24.8 Å². The number of amides is 1. The fourth-order valence-electron chi connectivity index (χ4n) is 3.44. The van der Waals surface area contributed by atoms with E-state index in [4.69, 9.17) is 23.2 Å². The highest BCUT2D eigenvalue weighted by atomic mass is 35.5. The SMILES string of the molecule is CS(=O)(=O)N(CCCC(=O)N1CCCc2ccccc21)c1cc(Cl)ccc1Cl. The van der Waals surface area contributed by atoms with Gasteiger partial charge in [0, 0.05) is 30.2 Å². The number of aryl methyl sites for hydroxylation is 1. The molecule has 1 aliphatic rings. The molecule has 0 atom stereocenters. The zero-order valence-corrected chi connectivity index (χ0v) is 17.9. The number of rotatable bonds is 6. The maximum absolute atomic E-state index is 12.8. The summed E-state index contributed by atoms with van der Waals surface area (Å²) in [4.78, 5) is 14.6.